The van der Waals surface area contributed by atoms with Crippen LogP contribution < -0.4 is 0 Å². The summed E-state index contributed by atoms with van der Waals surface area (Å²) in [5.41, 5.74) is 2.09. The van der Waals surface area contributed by atoms with E-state index in [1.807, 2.05) is 18.9 Å². The summed E-state index contributed by atoms with van der Waals surface area (Å²) in [6.07, 6.45) is 5.70. The number of rotatable bonds is 3. The molecule has 1 aromatic rings. The number of aryl methyl sites for hydroxylation is 2. The second-order valence-corrected chi connectivity index (χ2v) is 6.84. The Balaban J connectivity index is 1.71. The van der Waals surface area contributed by atoms with Crippen molar-refractivity contribution in [2.75, 3.05) is 26.2 Å². The molecule has 3 rings (SSSR count). The summed E-state index contributed by atoms with van der Waals surface area (Å²) >= 11 is 6.42. The van der Waals surface area contributed by atoms with Crippen LogP contribution in [-0.2, 0) is 11.8 Å². The minimum absolute atomic E-state index is 0.231. The quantitative estimate of drug-likeness (QED) is 0.858. The van der Waals surface area contributed by atoms with Gasteiger partial charge in [-0.3, -0.25) is 14.4 Å². The molecule has 6 heteroatoms. The maximum atomic E-state index is 12.5. The van der Waals surface area contributed by atoms with Crippen LogP contribution in [-0.4, -0.2) is 51.7 Å². The largest absolute Gasteiger partial charge is 0.342 e. The molecule has 1 amide bonds. The van der Waals surface area contributed by atoms with Gasteiger partial charge in [-0.1, -0.05) is 11.6 Å². The van der Waals surface area contributed by atoms with Gasteiger partial charge in [0.05, 0.1) is 12.2 Å². The van der Waals surface area contributed by atoms with Crippen molar-refractivity contribution in [2.24, 2.45) is 7.05 Å². The summed E-state index contributed by atoms with van der Waals surface area (Å²) < 4.78 is 1.73. The van der Waals surface area contributed by atoms with Crippen LogP contribution in [0.3, 0.4) is 0 Å². The zero-order chi connectivity index (χ0) is 15.7. The molecule has 0 radical (unpaired) electrons. The number of halogens is 1. The van der Waals surface area contributed by atoms with Crippen molar-refractivity contribution >= 4 is 17.5 Å². The lowest BCUT2D eigenvalue weighted by Gasteiger charge is -2.30. The van der Waals surface area contributed by atoms with E-state index in [9.17, 15) is 4.79 Å². The van der Waals surface area contributed by atoms with Gasteiger partial charge in [-0.25, -0.2) is 0 Å². The van der Waals surface area contributed by atoms with Gasteiger partial charge in [0.1, 0.15) is 5.15 Å². The number of carbonyl (C=O) groups is 1. The summed E-state index contributed by atoms with van der Waals surface area (Å²) in [5.74, 6) is 0.268. The Kier molecular flexibility index (Phi) is 4.73. The number of carbonyl (C=O) groups excluding carboxylic acids is 1. The normalized spacial score (nSPS) is 23.2. The summed E-state index contributed by atoms with van der Waals surface area (Å²) in [4.78, 5) is 16.8. The number of aromatic nitrogens is 2. The van der Waals surface area contributed by atoms with E-state index in [4.69, 9.17) is 11.6 Å². The van der Waals surface area contributed by atoms with Gasteiger partial charge in [0.2, 0.25) is 5.91 Å². The lowest BCUT2D eigenvalue weighted by atomic mass is 10.1. The SMILES string of the molecule is Cc1nn(C)c(Cl)c1[C@@H]1CCCN1CC(=O)N1CCCCC1. The maximum absolute atomic E-state index is 12.5. The van der Waals surface area contributed by atoms with Gasteiger partial charge in [0.15, 0.2) is 0 Å². The van der Waals surface area contributed by atoms with Crippen LogP contribution in [0.2, 0.25) is 5.15 Å². The highest BCUT2D eigenvalue weighted by molar-refractivity contribution is 6.30. The van der Waals surface area contributed by atoms with E-state index in [2.05, 4.69) is 10.00 Å². The minimum Gasteiger partial charge on any atom is -0.342 e. The molecule has 0 spiro atoms. The zero-order valence-corrected chi connectivity index (χ0v) is 14.3. The lowest BCUT2D eigenvalue weighted by Crippen LogP contribution is -2.42. The molecule has 22 heavy (non-hydrogen) atoms. The molecule has 122 valence electrons. The second-order valence-electron chi connectivity index (χ2n) is 6.48. The van der Waals surface area contributed by atoms with Crippen LogP contribution in [0.4, 0.5) is 0 Å². The molecule has 0 unspecified atom stereocenters. The first kappa shape index (κ1) is 15.8. The molecular formula is C16H25ClN4O. The van der Waals surface area contributed by atoms with Crippen LogP contribution in [0, 0.1) is 6.92 Å². The minimum atomic E-state index is 0.231. The van der Waals surface area contributed by atoms with Crippen LogP contribution in [0.5, 0.6) is 0 Å². The summed E-state index contributed by atoms with van der Waals surface area (Å²) in [7, 11) is 1.87. The average Bonchev–Trinajstić information content (AvgIpc) is 3.05. The lowest BCUT2D eigenvalue weighted by molar-refractivity contribution is -0.133. The average molecular weight is 325 g/mol. The fourth-order valence-electron chi connectivity index (χ4n) is 3.78. The molecule has 2 aliphatic rings. The molecule has 2 saturated heterocycles. The fourth-order valence-corrected chi connectivity index (χ4v) is 4.08. The van der Waals surface area contributed by atoms with E-state index < -0.39 is 0 Å². The molecule has 0 saturated carbocycles. The number of amides is 1. The van der Waals surface area contributed by atoms with E-state index in [1.54, 1.807) is 4.68 Å². The third-order valence-electron chi connectivity index (χ3n) is 4.94. The Hall–Kier alpha value is -1.07. The number of piperidine rings is 1. The van der Waals surface area contributed by atoms with Gasteiger partial charge in [-0.15, -0.1) is 0 Å². The van der Waals surface area contributed by atoms with Gasteiger partial charge in [0, 0.05) is 31.7 Å². The Labute approximate surface area is 137 Å². The predicted octanol–water partition coefficient (Wildman–Crippen LogP) is 2.53. The van der Waals surface area contributed by atoms with E-state index >= 15 is 0 Å². The summed E-state index contributed by atoms with van der Waals surface area (Å²) in [6, 6.07) is 0.231. The first-order valence-electron chi connectivity index (χ1n) is 8.28. The first-order valence-corrected chi connectivity index (χ1v) is 8.66. The van der Waals surface area contributed by atoms with E-state index in [0.717, 1.165) is 56.6 Å². The van der Waals surface area contributed by atoms with E-state index in [1.165, 1.54) is 6.42 Å². The third-order valence-corrected chi connectivity index (χ3v) is 5.39. The number of hydrogen-bond acceptors (Lipinski definition) is 3. The Morgan fingerprint density at radius 1 is 1.23 bits per heavy atom. The molecule has 1 aromatic heterocycles. The topological polar surface area (TPSA) is 41.4 Å². The maximum Gasteiger partial charge on any atom is 0.236 e. The van der Waals surface area contributed by atoms with Crippen LogP contribution in [0.1, 0.15) is 49.4 Å². The van der Waals surface area contributed by atoms with Crippen molar-refractivity contribution in [3.8, 4) is 0 Å². The molecule has 2 fully saturated rings. The molecule has 0 bridgehead atoms. The molecule has 0 aliphatic carbocycles. The first-order chi connectivity index (χ1) is 10.6. The standard InChI is InChI=1S/C16H25ClN4O/c1-12-15(16(17)19(2)18-12)13-7-6-10-21(13)11-14(22)20-8-4-3-5-9-20/h13H,3-11H2,1-2H3/t13-/m0/s1. The molecule has 0 N–H and O–H groups in total. The smallest absolute Gasteiger partial charge is 0.236 e. The van der Waals surface area contributed by atoms with Crippen LogP contribution in [0.15, 0.2) is 0 Å². The monoisotopic (exact) mass is 324 g/mol. The van der Waals surface area contributed by atoms with Gasteiger partial charge in [-0.2, -0.15) is 5.10 Å². The molecule has 5 nitrogen and oxygen atoms in total. The van der Waals surface area contributed by atoms with Crippen molar-refractivity contribution in [1.29, 1.82) is 0 Å². The van der Waals surface area contributed by atoms with E-state index in [-0.39, 0.29) is 11.9 Å². The Bertz CT molecular complexity index is 551. The van der Waals surface area contributed by atoms with Crippen molar-refractivity contribution in [3.63, 3.8) is 0 Å². The van der Waals surface area contributed by atoms with Gasteiger partial charge < -0.3 is 4.90 Å². The Morgan fingerprint density at radius 3 is 2.59 bits per heavy atom. The highest BCUT2D eigenvalue weighted by atomic mass is 35.5. The van der Waals surface area contributed by atoms with Gasteiger partial charge in [-0.05, 0) is 45.6 Å². The molecular weight excluding hydrogens is 300 g/mol. The van der Waals surface area contributed by atoms with Crippen LogP contribution in [0.25, 0.3) is 0 Å². The summed E-state index contributed by atoms with van der Waals surface area (Å²) in [5, 5.41) is 5.13. The number of likely N-dealkylation sites (tertiary alicyclic amines) is 2. The molecule has 1 atom stereocenters. The second kappa shape index (κ2) is 6.59. The third kappa shape index (κ3) is 3.01. The number of nitrogens with zero attached hydrogens (tertiary/aromatic N) is 4. The fraction of sp³-hybridized carbons (Fsp3) is 0.750. The van der Waals surface area contributed by atoms with Crippen molar-refractivity contribution < 1.29 is 4.79 Å². The summed E-state index contributed by atoms with van der Waals surface area (Å²) in [6.45, 7) is 5.32. The predicted molar refractivity (Wildman–Crippen MR) is 86.9 cm³/mol. The zero-order valence-electron chi connectivity index (χ0n) is 13.5. The van der Waals surface area contributed by atoms with Crippen molar-refractivity contribution in [3.05, 3.63) is 16.4 Å². The molecule has 2 aliphatic heterocycles. The highest BCUT2D eigenvalue weighted by Gasteiger charge is 2.33. The van der Waals surface area contributed by atoms with E-state index in [0.29, 0.717) is 11.7 Å². The highest BCUT2D eigenvalue weighted by Crippen LogP contribution is 2.37. The van der Waals surface area contributed by atoms with Crippen molar-refractivity contribution in [2.45, 2.75) is 45.1 Å². The molecule has 0 aromatic carbocycles. The van der Waals surface area contributed by atoms with Crippen LogP contribution >= 0.6 is 11.6 Å². The van der Waals surface area contributed by atoms with Gasteiger partial charge in [0.25, 0.3) is 0 Å². The molecule has 3 heterocycles. The van der Waals surface area contributed by atoms with Gasteiger partial charge >= 0.3 is 0 Å². The van der Waals surface area contributed by atoms with Crippen molar-refractivity contribution in [1.82, 2.24) is 19.6 Å². The number of hydrogen-bond donors (Lipinski definition) is 0. The Morgan fingerprint density at radius 2 is 1.95 bits per heavy atom.